The number of thioether (sulfide) groups is 1. The summed E-state index contributed by atoms with van der Waals surface area (Å²) >= 11 is 1.45. The zero-order valence-electron chi connectivity index (χ0n) is 8.35. The first-order chi connectivity index (χ1) is 6.61. The lowest BCUT2D eigenvalue weighted by molar-refractivity contribution is 0.549. The highest BCUT2D eigenvalue weighted by Crippen LogP contribution is 2.18. The Morgan fingerprint density at radius 2 is 2.43 bits per heavy atom. The van der Waals surface area contributed by atoms with E-state index in [1.54, 1.807) is 18.8 Å². The van der Waals surface area contributed by atoms with Crippen molar-refractivity contribution in [3.05, 3.63) is 0 Å². The van der Waals surface area contributed by atoms with Gasteiger partial charge in [-0.05, 0) is 24.4 Å². The molecule has 14 heavy (non-hydrogen) atoms. The van der Waals surface area contributed by atoms with E-state index in [1.165, 1.54) is 11.8 Å². The van der Waals surface area contributed by atoms with Gasteiger partial charge in [0.15, 0.2) is 0 Å². The largest absolute Gasteiger partial charge is 0.302 e. The first-order valence-corrected chi connectivity index (χ1v) is 5.05. The second-order valence-electron chi connectivity index (χ2n) is 3.07. The Kier molecular flexibility index (Phi) is 3.43. The van der Waals surface area contributed by atoms with Crippen molar-refractivity contribution in [1.29, 1.82) is 5.26 Å². The van der Waals surface area contributed by atoms with Gasteiger partial charge in [0.1, 0.15) is 5.54 Å². The number of nitrogens with zero attached hydrogens (tertiary/aromatic N) is 5. The average Bonchev–Trinajstić information content (AvgIpc) is 2.61. The third-order valence-electron chi connectivity index (χ3n) is 1.87. The normalized spacial score (nSPS) is 14.7. The lowest BCUT2D eigenvalue weighted by atomic mass is 10.1. The molecule has 1 aromatic heterocycles. The first-order valence-electron chi connectivity index (χ1n) is 4.06. The Hall–Kier alpha value is -1.13. The van der Waals surface area contributed by atoms with Gasteiger partial charge in [0.25, 0.3) is 0 Å². The molecule has 6 nitrogen and oxygen atoms in total. The minimum absolute atomic E-state index is 0.545. The molecule has 1 atom stereocenters. The molecule has 0 radical (unpaired) electrons. The summed E-state index contributed by atoms with van der Waals surface area (Å²) in [6.07, 6.45) is 0. The van der Waals surface area contributed by atoms with Crippen LogP contribution in [0.2, 0.25) is 0 Å². The summed E-state index contributed by atoms with van der Waals surface area (Å²) in [5, 5.41) is 23.6. The van der Waals surface area contributed by atoms with E-state index in [-0.39, 0.29) is 0 Å². The molecule has 0 aliphatic heterocycles. The minimum atomic E-state index is -0.545. The van der Waals surface area contributed by atoms with Crippen molar-refractivity contribution in [3.63, 3.8) is 0 Å². The van der Waals surface area contributed by atoms with Gasteiger partial charge in [-0.15, -0.1) is 5.10 Å². The van der Waals surface area contributed by atoms with E-state index in [1.807, 2.05) is 6.92 Å². The van der Waals surface area contributed by atoms with Crippen LogP contribution < -0.4 is 5.32 Å². The van der Waals surface area contributed by atoms with Gasteiger partial charge in [0, 0.05) is 12.8 Å². The van der Waals surface area contributed by atoms with Crippen molar-refractivity contribution in [2.24, 2.45) is 7.05 Å². The Morgan fingerprint density at radius 3 is 2.86 bits per heavy atom. The molecule has 7 heteroatoms. The second-order valence-corrected chi connectivity index (χ2v) is 4.01. The summed E-state index contributed by atoms with van der Waals surface area (Å²) in [6.45, 7) is 1.84. The van der Waals surface area contributed by atoms with Crippen LogP contribution in [0.1, 0.15) is 6.92 Å². The second kappa shape index (κ2) is 4.39. The van der Waals surface area contributed by atoms with Crippen LogP contribution in [0.25, 0.3) is 0 Å². The van der Waals surface area contributed by atoms with Crippen LogP contribution in [-0.2, 0) is 7.05 Å². The average molecular weight is 212 g/mol. The lowest BCUT2D eigenvalue weighted by Gasteiger charge is -2.18. The molecule has 1 rings (SSSR count). The maximum Gasteiger partial charge on any atom is 0.209 e. The molecule has 0 bridgehead atoms. The van der Waals surface area contributed by atoms with Crippen molar-refractivity contribution >= 4 is 11.8 Å². The van der Waals surface area contributed by atoms with Crippen molar-refractivity contribution in [1.82, 2.24) is 25.5 Å². The van der Waals surface area contributed by atoms with Crippen LogP contribution in [0.4, 0.5) is 0 Å². The molecule has 0 saturated heterocycles. The fraction of sp³-hybridized carbons (Fsp3) is 0.714. The first kappa shape index (κ1) is 10.9. The monoisotopic (exact) mass is 212 g/mol. The van der Waals surface area contributed by atoms with Crippen molar-refractivity contribution in [3.8, 4) is 6.07 Å². The summed E-state index contributed by atoms with van der Waals surface area (Å²) in [6, 6.07) is 2.20. The Labute approximate surface area is 86.7 Å². The van der Waals surface area contributed by atoms with E-state index >= 15 is 0 Å². The molecule has 0 saturated carbocycles. The van der Waals surface area contributed by atoms with E-state index in [0.29, 0.717) is 10.9 Å². The Balaban J connectivity index is 2.57. The number of aromatic nitrogens is 4. The standard InChI is InChI=1S/C7H12N6S/c1-7(4-8,9-2)5-14-6-10-11-12-13(6)3/h9H,5H2,1-3H3. The predicted octanol–water partition coefficient (Wildman–Crippen LogP) is -0.196. The predicted molar refractivity (Wildman–Crippen MR) is 52.6 cm³/mol. The molecule has 76 valence electrons. The summed E-state index contributed by atoms with van der Waals surface area (Å²) in [5.41, 5.74) is -0.545. The molecule has 0 aliphatic rings. The van der Waals surface area contributed by atoms with Gasteiger partial charge in [-0.25, -0.2) is 4.68 Å². The van der Waals surface area contributed by atoms with E-state index in [9.17, 15) is 0 Å². The lowest BCUT2D eigenvalue weighted by Crippen LogP contribution is -2.40. The van der Waals surface area contributed by atoms with Gasteiger partial charge in [-0.3, -0.25) is 0 Å². The van der Waals surface area contributed by atoms with E-state index in [0.717, 1.165) is 0 Å². The topological polar surface area (TPSA) is 79.4 Å². The highest BCUT2D eigenvalue weighted by molar-refractivity contribution is 7.99. The number of nitriles is 1. The Morgan fingerprint density at radius 1 is 1.71 bits per heavy atom. The van der Waals surface area contributed by atoms with E-state index < -0.39 is 5.54 Å². The van der Waals surface area contributed by atoms with Crippen LogP contribution in [0, 0.1) is 11.3 Å². The van der Waals surface area contributed by atoms with Crippen LogP contribution in [0.5, 0.6) is 0 Å². The maximum absolute atomic E-state index is 8.90. The van der Waals surface area contributed by atoms with E-state index in [4.69, 9.17) is 5.26 Å². The molecule has 0 fully saturated rings. The summed E-state index contributed by atoms with van der Waals surface area (Å²) in [7, 11) is 3.53. The molecule has 1 heterocycles. The van der Waals surface area contributed by atoms with Crippen molar-refractivity contribution in [2.45, 2.75) is 17.6 Å². The zero-order valence-corrected chi connectivity index (χ0v) is 9.17. The number of hydrogen-bond acceptors (Lipinski definition) is 6. The van der Waals surface area contributed by atoms with Gasteiger partial charge in [-0.1, -0.05) is 11.8 Å². The summed E-state index contributed by atoms with van der Waals surface area (Å²) in [4.78, 5) is 0. The molecule has 0 aliphatic carbocycles. The van der Waals surface area contributed by atoms with Crippen molar-refractivity contribution in [2.75, 3.05) is 12.8 Å². The molecule has 0 aromatic carbocycles. The van der Waals surface area contributed by atoms with Crippen LogP contribution in [0.15, 0.2) is 5.16 Å². The molecule has 1 N–H and O–H groups in total. The molecular weight excluding hydrogens is 200 g/mol. The molecular formula is C7H12N6S. The minimum Gasteiger partial charge on any atom is -0.302 e. The van der Waals surface area contributed by atoms with Gasteiger partial charge in [0.2, 0.25) is 5.16 Å². The quantitative estimate of drug-likeness (QED) is 0.696. The molecule has 0 spiro atoms. The number of nitrogens with one attached hydrogen (secondary N) is 1. The molecule has 1 aromatic rings. The highest BCUT2D eigenvalue weighted by atomic mass is 32.2. The number of tetrazole rings is 1. The van der Waals surface area contributed by atoms with Crippen LogP contribution >= 0.6 is 11.8 Å². The SMILES string of the molecule is CNC(C)(C#N)CSc1nnnn1C. The van der Waals surface area contributed by atoms with E-state index in [2.05, 4.69) is 26.9 Å². The van der Waals surface area contributed by atoms with Gasteiger partial charge in [-0.2, -0.15) is 5.26 Å². The van der Waals surface area contributed by atoms with Crippen LogP contribution in [0.3, 0.4) is 0 Å². The maximum atomic E-state index is 8.90. The molecule has 0 amide bonds. The third kappa shape index (κ3) is 2.43. The Bertz CT molecular complexity index is 342. The van der Waals surface area contributed by atoms with Crippen LogP contribution in [-0.4, -0.2) is 38.5 Å². The fourth-order valence-corrected chi connectivity index (χ4v) is 1.66. The molecule has 1 unspecified atom stereocenters. The smallest absolute Gasteiger partial charge is 0.209 e. The number of aryl methyl sites for hydroxylation is 1. The van der Waals surface area contributed by atoms with Gasteiger partial charge in [0.05, 0.1) is 6.07 Å². The van der Waals surface area contributed by atoms with Gasteiger partial charge < -0.3 is 5.32 Å². The van der Waals surface area contributed by atoms with Crippen molar-refractivity contribution < 1.29 is 0 Å². The number of hydrogen-bond donors (Lipinski definition) is 1. The fourth-order valence-electron chi connectivity index (χ4n) is 0.713. The summed E-state index contributed by atoms with van der Waals surface area (Å²) in [5.74, 6) is 0.605. The van der Waals surface area contributed by atoms with Gasteiger partial charge >= 0.3 is 0 Å². The highest BCUT2D eigenvalue weighted by Gasteiger charge is 2.22. The third-order valence-corrected chi connectivity index (χ3v) is 3.20. The zero-order chi connectivity index (χ0) is 10.6. The summed E-state index contributed by atoms with van der Waals surface area (Å²) < 4.78 is 1.58. The number of rotatable bonds is 4.